The van der Waals surface area contributed by atoms with E-state index < -0.39 is 34.8 Å². The Morgan fingerprint density at radius 3 is 1.56 bits per heavy atom. The van der Waals surface area contributed by atoms with Crippen LogP contribution in [-0.2, 0) is 43.5 Å². The number of aliphatic carboxylic acids is 2. The van der Waals surface area contributed by atoms with Crippen molar-refractivity contribution in [3.05, 3.63) is 0 Å². The SMILES string of the molecule is NCCOCCOCC(=O)O.O=C(O)COCCOCCNS(=O)(=O)NC(=O)OCC1[C@H]2CCC#CCC[C@@H]12.OCC1[C@H]2CCC#CCC[C@@H]12. The second kappa shape index (κ2) is 25.0. The van der Waals surface area contributed by atoms with E-state index in [1.807, 2.05) is 0 Å². The Labute approximate surface area is 294 Å². The Hall–Kier alpha value is -3.00. The predicted octanol–water partition coefficient (Wildman–Crippen LogP) is 0.586. The van der Waals surface area contributed by atoms with Crippen molar-refractivity contribution in [2.24, 2.45) is 41.2 Å². The molecule has 1 amide bonds. The third-order valence-electron chi connectivity index (χ3n) is 8.51. The van der Waals surface area contributed by atoms with Crippen LogP contribution in [-0.4, -0.2) is 121 Å². The van der Waals surface area contributed by atoms with Gasteiger partial charge in [0.05, 0.1) is 46.2 Å². The lowest BCUT2D eigenvalue weighted by molar-refractivity contribution is -0.143. The molecule has 6 atom stereocenters. The standard InChI is InChI=1S/C17H26N2O8S.C10H14O.C6H13NO4/c20-16(21)12-26-10-9-25-8-7-18-28(23,24)19-17(22)27-11-15-13-5-3-1-2-4-6-14(13)15;11-7-10-8-5-3-1-2-4-6-9(8)10;7-1-2-10-3-4-11-5-6(8)9/h13-15,18H,3-12H2,(H,19,22)(H,20,21);8-11H,3-7H2;1-5,7H2,(H,8,9)/t13-,14+,15?;8-,9+,10?;. The van der Waals surface area contributed by atoms with Gasteiger partial charge in [0.1, 0.15) is 13.2 Å². The highest BCUT2D eigenvalue weighted by molar-refractivity contribution is 7.88. The Morgan fingerprint density at radius 1 is 0.680 bits per heavy atom. The molecule has 50 heavy (non-hydrogen) atoms. The number of rotatable bonds is 20. The number of hydrogen-bond donors (Lipinski definition) is 6. The van der Waals surface area contributed by atoms with Crippen molar-refractivity contribution in [3.63, 3.8) is 0 Å². The van der Waals surface area contributed by atoms with Crippen LogP contribution in [0.15, 0.2) is 0 Å². The number of carbonyl (C=O) groups is 3. The molecular weight excluding hydrogens is 678 g/mol. The van der Waals surface area contributed by atoms with E-state index >= 15 is 0 Å². The number of ether oxygens (including phenoxy) is 5. The highest BCUT2D eigenvalue weighted by atomic mass is 32.2. The third-order valence-corrected chi connectivity index (χ3v) is 9.53. The summed E-state index contributed by atoms with van der Waals surface area (Å²) in [5.74, 6) is 14.0. The molecule has 0 spiro atoms. The molecular formula is C33H53N3O13S. The van der Waals surface area contributed by atoms with Crippen LogP contribution < -0.4 is 15.2 Å². The van der Waals surface area contributed by atoms with Crippen LogP contribution in [0.2, 0.25) is 0 Å². The van der Waals surface area contributed by atoms with Crippen molar-refractivity contribution in [1.29, 1.82) is 0 Å². The molecule has 0 bridgehead atoms. The van der Waals surface area contributed by atoms with Crippen LogP contribution in [0.25, 0.3) is 0 Å². The lowest BCUT2D eigenvalue weighted by atomic mass is 10.1. The van der Waals surface area contributed by atoms with Crippen molar-refractivity contribution in [2.75, 3.05) is 79.2 Å². The Kier molecular flexibility index (Phi) is 21.6. The summed E-state index contributed by atoms with van der Waals surface area (Å²) in [5, 5.41) is 25.5. The normalized spacial score (nSPS) is 24.3. The summed E-state index contributed by atoms with van der Waals surface area (Å²) >= 11 is 0. The fourth-order valence-electron chi connectivity index (χ4n) is 6.03. The summed E-state index contributed by atoms with van der Waals surface area (Å²) in [6.45, 7) is 1.74. The van der Waals surface area contributed by atoms with Gasteiger partial charge in [-0.15, -0.1) is 23.7 Å². The monoisotopic (exact) mass is 731 g/mol. The molecule has 17 heteroatoms. The Morgan fingerprint density at radius 2 is 1.12 bits per heavy atom. The van der Waals surface area contributed by atoms with Gasteiger partial charge in [-0.1, -0.05) is 0 Å². The zero-order valence-corrected chi connectivity index (χ0v) is 29.3. The van der Waals surface area contributed by atoms with Crippen molar-refractivity contribution in [3.8, 4) is 23.7 Å². The van der Waals surface area contributed by atoms with Crippen LogP contribution in [0.5, 0.6) is 0 Å². The van der Waals surface area contributed by atoms with Crippen molar-refractivity contribution in [1.82, 2.24) is 9.44 Å². The Bertz CT molecular complexity index is 1220. The van der Waals surface area contributed by atoms with Gasteiger partial charge in [-0.05, 0) is 61.2 Å². The zero-order valence-electron chi connectivity index (χ0n) is 28.5. The molecule has 0 aromatic carbocycles. The summed E-state index contributed by atoms with van der Waals surface area (Å²) in [6, 6.07) is 0. The first-order valence-electron chi connectivity index (χ1n) is 17.0. The van der Waals surface area contributed by atoms with E-state index in [0.29, 0.717) is 50.7 Å². The van der Waals surface area contributed by atoms with E-state index in [4.69, 9.17) is 40.0 Å². The molecule has 0 aromatic heterocycles. The maximum atomic E-state index is 11.8. The lowest BCUT2D eigenvalue weighted by Crippen LogP contribution is -2.42. The quantitative estimate of drug-likeness (QED) is 0.0742. The summed E-state index contributed by atoms with van der Waals surface area (Å²) in [4.78, 5) is 31.8. The van der Waals surface area contributed by atoms with Gasteiger partial charge in [-0.3, -0.25) is 0 Å². The van der Waals surface area contributed by atoms with Crippen LogP contribution in [0.4, 0.5) is 4.79 Å². The highest BCUT2D eigenvalue weighted by Gasteiger charge is 2.49. The van der Waals surface area contributed by atoms with Crippen molar-refractivity contribution < 1.29 is 61.8 Å². The average Bonchev–Trinajstić information content (AvgIpc) is 3.91. The van der Waals surface area contributed by atoms with Crippen LogP contribution in [0.1, 0.15) is 51.4 Å². The second-order valence-electron chi connectivity index (χ2n) is 12.0. The summed E-state index contributed by atoms with van der Waals surface area (Å²) in [7, 11) is -4.04. The number of carboxylic acids is 2. The van der Waals surface area contributed by atoms with E-state index in [1.54, 1.807) is 4.72 Å². The number of aliphatic hydroxyl groups is 1. The third kappa shape index (κ3) is 19.4. The number of nitrogens with one attached hydrogen (secondary N) is 2. The molecule has 0 saturated heterocycles. The number of carbonyl (C=O) groups excluding carboxylic acids is 1. The smallest absolute Gasteiger partial charge is 0.421 e. The molecule has 4 rings (SSSR count). The minimum Gasteiger partial charge on any atom is -0.480 e. The van der Waals surface area contributed by atoms with E-state index in [2.05, 4.69) is 33.1 Å². The molecule has 284 valence electrons. The van der Waals surface area contributed by atoms with E-state index in [9.17, 15) is 22.8 Å². The molecule has 2 saturated carbocycles. The first-order valence-corrected chi connectivity index (χ1v) is 18.5. The fraction of sp³-hybridized carbons (Fsp3) is 0.788. The van der Waals surface area contributed by atoms with Gasteiger partial charge in [0.15, 0.2) is 0 Å². The van der Waals surface area contributed by atoms with E-state index in [1.165, 1.54) is 12.8 Å². The van der Waals surface area contributed by atoms with Gasteiger partial charge in [-0.2, -0.15) is 13.1 Å². The number of aliphatic hydroxyl groups excluding tert-OH is 1. The molecule has 7 N–H and O–H groups in total. The minimum absolute atomic E-state index is 0.0416. The predicted molar refractivity (Wildman–Crippen MR) is 180 cm³/mol. The first kappa shape index (κ1) is 43.2. The molecule has 2 fully saturated rings. The molecule has 16 nitrogen and oxygen atoms in total. The van der Waals surface area contributed by atoms with Gasteiger partial charge in [0.2, 0.25) is 0 Å². The summed E-state index contributed by atoms with van der Waals surface area (Å²) < 4.78 is 52.0. The topological polar surface area (TPSA) is 242 Å². The maximum absolute atomic E-state index is 11.8. The zero-order chi connectivity index (χ0) is 36.6. The average molecular weight is 732 g/mol. The van der Waals surface area contributed by atoms with Crippen molar-refractivity contribution in [2.45, 2.75) is 51.4 Å². The van der Waals surface area contributed by atoms with Gasteiger partial charge < -0.3 is 44.7 Å². The van der Waals surface area contributed by atoms with Crippen molar-refractivity contribution >= 4 is 28.2 Å². The number of hydrogen-bond acceptors (Lipinski definition) is 12. The molecule has 0 radical (unpaired) electrons. The highest BCUT2D eigenvalue weighted by Crippen LogP contribution is 2.52. The minimum atomic E-state index is -4.04. The van der Waals surface area contributed by atoms with E-state index in [0.717, 1.165) is 50.4 Å². The number of nitrogens with two attached hydrogens (primary N) is 1. The molecule has 4 aliphatic carbocycles. The summed E-state index contributed by atoms with van der Waals surface area (Å²) in [5.41, 5.74) is 5.13. The maximum Gasteiger partial charge on any atom is 0.421 e. The molecule has 4 aliphatic rings. The molecule has 0 aromatic rings. The molecule has 0 heterocycles. The fourth-order valence-corrected chi connectivity index (χ4v) is 6.73. The van der Waals surface area contributed by atoms with Gasteiger partial charge in [0.25, 0.3) is 0 Å². The number of fused-ring (bicyclic) bond motifs is 2. The van der Waals surface area contributed by atoms with Crippen LogP contribution >= 0.6 is 0 Å². The van der Waals surface area contributed by atoms with E-state index in [-0.39, 0.29) is 45.5 Å². The van der Waals surface area contributed by atoms with Gasteiger partial charge in [-0.25, -0.2) is 19.1 Å². The number of carboxylic acid groups (broad SMARTS) is 2. The molecule has 0 aliphatic heterocycles. The van der Waals surface area contributed by atoms with Gasteiger partial charge >= 0.3 is 28.2 Å². The molecule has 2 unspecified atom stereocenters. The second-order valence-corrected chi connectivity index (χ2v) is 13.5. The van der Waals surface area contributed by atoms with Gasteiger partial charge in [0, 0.05) is 45.4 Å². The Balaban J connectivity index is 0.000000320. The lowest BCUT2D eigenvalue weighted by Gasteiger charge is -2.09. The van der Waals surface area contributed by atoms with Crippen LogP contribution in [0.3, 0.4) is 0 Å². The summed E-state index contributed by atoms with van der Waals surface area (Å²) in [6.07, 6.45) is 7.25. The van der Waals surface area contributed by atoms with Crippen LogP contribution in [0, 0.1) is 59.2 Å². The number of amides is 1. The first-order chi connectivity index (χ1) is 24.1. The largest absolute Gasteiger partial charge is 0.480 e.